The van der Waals surface area contributed by atoms with Crippen LogP contribution in [0.2, 0.25) is 0 Å². The van der Waals surface area contributed by atoms with Gasteiger partial charge in [-0.25, -0.2) is 9.59 Å². The molecule has 4 rings (SSSR count). The molecule has 0 saturated carbocycles. The average Bonchev–Trinajstić information content (AvgIpc) is 3.17. The minimum atomic E-state index is -3.22. The lowest BCUT2D eigenvalue weighted by Gasteiger charge is -2.50. The Morgan fingerprint density at radius 3 is 1.70 bits per heavy atom. The van der Waals surface area contributed by atoms with Crippen LogP contribution in [0.25, 0.3) is 0 Å². The molecule has 4 heterocycles. The SMILES string of the molecule is NC1C(O)CC(OC2C(O)C(CO)OC(OC3C(CO)OC(O)C(O)C3O)C2O)(C(=O)O)OC1[C@H](O)C(CO)OC1(C(=O)O)CC(O)C(N)C([C@H](O)[C@H](O)CO)O1. The second-order valence-electron chi connectivity index (χ2n) is 14.2. The van der Waals surface area contributed by atoms with Gasteiger partial charge in [-0.3, -0.25) is 0 Å². The molecule has 4 fully saturated rings. The highest BCUT2D eigenvalue weighted by molar-refractivity contribution is 5.76. The van der Waals surface area contributed by atoms with Crippen molar-refractivity contribution >= 4 is 11.9 Å². The van der Waals surface area contributed by atoms with Crippen LogP contribution in [0.15, 0.2) is 0 Å². The summed E-state index contributed by atoms with van der Waals surface area (Å²) in [6, 6.07) is -3.39. The molecular weight excluding hydrogens is 788 g/mol. The van der Waals surface area contributed by atoms with Gasteiger partial charge in [0.05, 0.1) is 50.7 Å². The molecule has 27 nitrogen and oxygen atoms in total. The molecule has 0 bridgehead atoms. The van der Waals surface area contributed by atoms with Crippen molar-refractivity contribution < 1.29 is 124 Å². The summed E-state index contributed by atoms with van der Waals surface area (Å²) in [7, 11) is 0. The summed E-state index contributed by atoms with van der Waals surface area (Å²) in [5.41, 5.74) is 11.9. The maximum absolute atomic E-state index is 12.9. The molecule has 27 heteroatoms. The minimum Gasteiger partial charge on any atom is -0.477 e. The number of carbonyl (C=O) groups is 2. The Morgan fingerprint density at radius 2 is 1.19 bits per heavy atom. The lowest BCUT2D eigenvalue weighted by Crippen LogP contribution is -2.71. The summed E-state index contributed by atoms with van der Waals surface area (Å²) >= 11 is 0. The van der Waals surface area contributed by atoms with E-state index in [-0.39, 0.29) is 0 Å². The fourth-order valence-electron chi connectivity index (χ4n) is 6.99. The topological polar surface area (TPSA) is 474 Å². The van der Waals surface area contributed by atoms with Crippen molar-refractivity contribution in [2.75, 3.05) is 26.4 Å². The van der Waals surface area contributed by atoms with E-state index in [9.17, 15) is 91.3 Å². The standard InChI is InChI=1S/C30H52N2O25/c31-13-7(37)1-29(27(47)48,55-22(13)15(40)9(39)3-33)54-11(5-35)17(42)23-14(32)8(38)2-30(56-23,28(49)50)57-24-16(41)10(4-34)52-26(20(24)45)53-21-12(6-36)51-25(46)19(44)18(21)43/h7-26,33-46H,1-6,31-32H2,(H,47,48)(H,49,50)/t7?,8?,9-,10?,11?,12?,13?,14?,15-,16?,17-,18?,19?,20?,21?,22?,23?,24?,25?,26?,29?,30?/m1/s1. The number of hydrogen-bond acceptors (Lipinski definition) is 25. The van der Waals surface area contributed by atoms with E-state index in [0.717, 1.165) is 0 Å². The predicted molar refractivity (Wildman–Crippen MR) is 172 cm³/mol. The highest BCUT2D eigenvalue weighted by Gasteiger charge is 2.61. The zero-order valence-electron chi connectivity index (χ0n) is 29.8. The number of rotatable bonds is 16. The normalized spacial score (nSPS) is 46.5. The van der Waals surface area contributed by atoms with Gasteiger partial charge < -0.3 is 126 Å². The number of aliphatic carboxylic acids is 2. The summed E-state index contributed by atoms with van der Waals surface area (Å²) in [6.45, 7) is -4.40. The molecule has 332 valence electrons. The molecule has 4 aliphatic heterocycles. The lowest BCUT2D eigenvalue weighted by atomic mass is 9.87. The molecule has 0 amide bonds. The quantitative estimate of drug-likeness (QED) is 0.0686. The first-order valence-electron chi connectivity index (χ1n) is 17.5. The zero-order valence-corrected chi connectivity index (χ0v) is 29.8. The summed E-state index contributed by atoms with van der Waals surface area (Å²) in [5.74, 6) is -10.4. The molecule has 0 aromatic heterocycles. The summed E-state index contributed by atoms with van der Waals surface area (Å²) < 4.78 is 37.9. The number of hydrogen-bond donors (Lipinski definition) is 18. The van der Waals surface area contributed by atoms with Crippen molar-refractivity contribution in [3.63, 3.8) is 0 Å². The third-order valence-electron chi connectivity index (χ3n) is 10.3. The van der Waals surface area contributed by atoms with E-state index in [0.29, 0.717) is 0 Å². The Labute approximate surface area is 321 Å². The van der Waals surface area contributed by atoms with Crippen LogP contribution >= 0.6 is 0 Å². The summed E-state index contributed by atoms with van der Waals surface area (Å²) in [6.07, 6.45) is -38.9. The maximum atomic E-state index is 12.9. The Bertz CT molecular complexity index is 1340. The Kier molecular flexibility index (Phi) is 16.0. The summed E-state index contributed by atoms with van der Waals surface area (Å²) in [5, 5.41) is 166. The van der Waals surface area contributed by atoms with Crippen molar-refractivity contribution in [1.82, 2.24) is 0 Å². The van der Waals surface area contributed by atoms with Gasteiger partial charge in [-0.2, -0.15) is 0 Å². The smallest absolute Gasteiger partial charge is 0.364 e. The van der Waals surface area contributed by atoms with Crippen LogP contribution in [0.4, 0.5) is 0 Å². The number of aliphatic hydroxyl groups excluding tert-OH is 14. The van der Waals surface area contributed by atoms with Gasteiger partial charge in [0, 0.05) is 12.8 Å². The van der Waals surface area contributed by atoms with Crippen LogP contribution in [0, 0.1) is 0 Å². The van der Waals surface area contributed by atoms with E-state index < -0.39 is 185 Å². The molecule has 4 aliphatic rings. The van der Waals surface area contributed by atoms with E-state index in [1.807, 2.05) is 0 Å². The number of carboxylic acids is 2. The monoisotopic (exact) mass is 840 g/mol. The molecule has 0 aliphatic carbocycles. The fraction of sp³-hybridized carbons (Fsp3) is 0.933. The Hall–Kier alpha value is -1.98. The second-order valence-corrected chi connectivity index (χ2v) is 14.2. The molecule has 0 radical (unpaired) electrons. The summed E-state index contributed by atoms with van der Waals surface area (Å²) in [4.78, 5) is 25.5. The molecular formula is C30H52N2O25. The molecule has 0 spiro atoms. The first kappa shape index (κ1) is 47.7. The van der Waals surface area contributed by atoms with Gasteiger partial charge in [0.25, 0.3) is 11.6 Å². The van der Waals surface area contributed by atoms with Crippen molar-refractivity contribution in [3.05, 3.63) is 0 Å². The number of ether oxygens (including phenoxy) is 7. The zero-order chi connectivity index (χ0) is 42.9. The van der Waals surface area contributed by atoms with E-state index in [1.54, 1.807) is 0 Å². The lowest BCUT2D eigenvalue weighted by molar-refractivity contribution is -0.386. The van der Waals surface area contributed by atoms with Gasteiger partial charge in [0.15, 0.2) is 12.6 Å². The van der Waals surface area contributed by atoms with Gasteiger partial charge in [-0.1, -0.05) is 0 Å². The Morgan fingerprint density at radius 1 is 0.667 bits per heavy atom. The molecule has 57 heavy (non-hydrogen) atoms. The fourth-order valence-corrected chi connectivity index (χ4v) is 6.99. The van der Waals surface area contributed by atoms with Gasteiger partial charge in [-0.15, -0.1) is 0 Å². The van der Waals surface area contributed by atoms with Gasteiger partial charge >= 0.3 is 11.9 Å². The van der Waals surface area contributed by atoms with Crippen LogP contribution in [0.5, 0.6) is 0 Å². The van der Waals surface area contributed by atoms with Crippen LogP contribution in [-0.2, 0) is 42.7 Å². The number of nitrogens with two attached hydrogens (primary N) is 2. The predicted octanol–water partition coefficient (Wildman–Crippen LogP) is -11.4. The van der Waals surface area contributed by atoms with Crippen molar-refractivity contribution in [2.24, 2.45) is 11.5 Å². The molecule has 19 unspecified atom stereocenters. The van der Waals surface area contributed by atoms with Crippen LogP contribution < -0.4 is 11.5 Å². The van der Waals surface area contributed by atoms with E-state index in [1.165, 1.54) is 0 Å². The third kappa shape index (κ3) is 9.50. The number of carboxylic acid groups (broad SMARTS) is 2. The molecule has 0 aromatic carbocycles. The Balaban J connectivity index is 1.63. The van der Waals surface area contributed by atoms with Gasteiger partial charge in [-0.05, 0) is 0 Å². The second kappa shape index (κ2) is 19.2. The highest BCUT2D eigenvalue weighted by Crippen LogP contribution is 2.39. The third-order valence-corrected chi connectivity index (χ3v) is 10.3. The largest absolute Gasteiger partial charge is 0.477 e. The highest BCUT2D eigenvalue weighted by atomic mass is 16.8. The average molecular weight is 841 g/mol. The van der Waals surface area contributed by atoms with E-state index in [2.05, 4.69) is 0 Å². The van der Waals surface area contributed by atoms with Crippen molar-refractivity contribution in [2.45, 2.75) is 147 Å². The van der Waals surface area contributed by atoms with Gasteiger partial charge in [0.1, 0.15) is 85.5 Å². The van der Waals surface area contributed by atoms with Crippen LogP contribution in [0.1, 0.15) is 12.8 Å². The van der Waals surface area contributed by atoms with Crippen LogP contribution in [0.3, 0.4) is 0 Å². The number of aliphatic hydroxyl groups is 14. The molecule has 4 saturated heterocycles. The van der Waals surface area contributed by atoms with E-state index in [4.69, 9.17) is 44.6 Å². The van der Waals surface area contributed by atoms with Gasteiger partial charge in [0.2, 0.25) is 0 Å². The molecule has 0 aromatic rings. The maximum Gasteiger partial charge on any atom is 0.364 e. The van der Waals surface area contributed by atoms with E-state index >= 15 is 0 Å². The van der Waals surface area contributed by atoms with Crippen molar-refractivity contribution in [1.29, 1.82) is 0 Å². The first-order chi connectivity index (χ1) is 26.6. The minimum absolute atomic E-state index is 0.931. The van der Waals surface area contributed by atoms with Crippen LogP contribution in [-0.4, -0.2) is 254 Å². The van der Waals surface area contributed by atoms with Crippen molar-refractivity contribution in [3.8, 4) is 0 Å². The molecule has 20 N–H and O–H groups in total. The molecule has 22 atom stereocenters. The first-order valence-corrected chi connectivity index (χ1v) is 17.5.